The van der Waals surface area contributed by atoms with E-state index in [0.717, 1.165) is 32.0 Å². The minimum Gasteiger partial charge on any atom is -0.382 e. The van der Waals surface area contributed by atoms with E-state index >= 15 is 0 Å². The van der Waals surface area contributed by atoms with Crippen LogP contribution in [0.15, 0.2) is 23.1 Å². The van der Waals surface area contributed by atoms with Crippen LogP contribution in [0.5, 0.6) is 0 Å². The Balaban J connectivity index is 2.00. The van der Waals surface area contributed by atoms with Gasteiger partial charge in [0.2, 0.25) is 10.0 Å². The number of hydrogen-bond acceptors (Lipinski definition) is 4. The number of nitrogens with two attached hydrogens (primary N) is 1. The van der Waals surface area contributed by atoms with Gasteiger partial charge in [-0.05, 0) is 50.6 Å². The van der Waals surface area contributed by atoms with Gasteiger partial charge in [0.1, 0.15) is 5.82 Å². The molecule has 1 saturated heterocycles. The molecule has 1 aromatic carbocycles. The van der Waals surface area contributed by atoms with Crippen LogP contribution in [0.1, 0.15) is 12.8 Å². The summed E-state index contributed by atoms with van der Waals surface area (Å²) in [5.74, 6) is -0.119. The van der Waals surface area contributed by atoms with Crippen molar-refractivity contribution >= 4 is 15.7 Å². The van der Waals surface area contributed by atoms with E-state index in [2.05, 4.69) is 17.3 Å². The number of halogens is 1. The minimum atomic E-state index is -3.86. The molecule has 112 valence electrons. The molecular formula is C13H20FN3O2S. The van der Waals surface area contributed by atoms with Gasteiger partial charge in [-0.15, -0.1) is 0 Å². The van der Waals surface area contributed by atoms with Gasteiger partial charge in [0.05, 0.1) is 10.6 Å². The quantitative estimate of drug-likeness (QED) is 0.877. The standard InChI is InChI=1S/C13H20FN3O2S/c1-17-6-2-3-10(9-17)8-16-13-5-4-11(7-12(13)14)20(15,18)19/h4-5,7,10,16H,2-3,6,8-9H2,1H3,(H2,15,18,19). The SMILES string of the molecule is CN1CCCC(CNc2ccc(S(N)(=O)=O)cc2F)C1. The van der Waals surface area contributed by atoms with Crippen LogP contribution in [0.2, 0.25) is 0 Å². The molecule has 1 aromatic rings. The monoisotopic (exact) mass is 301 g/mol. The highest BCUT2D eigenvalue weighted by Gasteiger charge is 2.17. The van der Waals surface area contributed by atoms with E-state index in [-0.39, 0.29) is 4.90 Å². The summed E-state index contributed by atoms with van der Waals surface area (Å²) in [7, 11) is -1.78. The largest absolute Gasteiger partial charge is 0.382 e. The lowest BCUT2D eigenvalue weighted by Gasteiger charge is -2.30. The van der Waals surface area contributed by atoms with Crippen LogP contribution >= 0.6 is 0 Å². The number of sulfonamides is 1. The van der Waals surface area contributed by atoms with E-state index in [0.29, 0.717) is 18.2 Å². The maximum Gasteiger partial charge on any atom is 0.238 e. The van der Waals surface area contributed by atoms with Gasteiger partial charge in [-0.2, -0.15) is 0 Å². The van der Waals surface area contributed by atoms with Crippen molar-refractivity contribution in [2.24, 2.45) is 11.1 Å². The third kappa shape index (κ3) is 3.91. The van der Waals surface area contributed by atoms with Gasteiger partial charge in [0.25, 0.3) is 0 Å². The van der Waals surface area contributed by atoms with Crippen molar-refractivity contribution in [2.75, 3.05) is 32.0 Å². The van der Waals surface area contributed by atoms with Crippen LogP contribution in [0.3, 0.4) is 0 Å². The Morgan fingerprint density at radius 2 is 2.25 bits per heavy atom. The van der Waals surface area contributed by atoms with E-state index in [1.165, 1.54) is 12.1 Å². The molecule has 0 radical (unpaired) electrons. The number of primary sulfonamides is 1. The van der Waals surface area contributed by atoms with Crippen molar-refractivity contribution in [2.45, 2.75) is 17.7 Å². The summed E-state index contributed by atoms with van der Waals surface area (Å²) in [6.45, 7) is 2.77. The second kappa shape index (κ2) is 6.07. The summed E-state index contributed by atoms with van der Waals surface area (Å²) in [4.78, 5) is 2.05. The molecule has 3 N–H and O–H groups in total. The van der Waals surface area contributed by atoms with Crippen molar-refractivity contribution in [3.8, 4) is 0 Å². The van der Waals surface area contributed by atoms with Gasteiger partial charge in [-0.1, -0.05) is 0 Å². The molecule has 20 heavy (non-hydrogen) atoms. The third-order valence-electron chi connectivity index (χ3n) is 3.57. The molecule has 1 atom stereocenters. The molecule has 0 aliphatic carbocycles. The van der Waals surface area contributed by atoms with Crippen LogP contribution < -0.4 is 10.5 Å². The predicted molar refractivity (Wildman–Crippen MR) is 76.5 cm³/mol. The highest BCUT2D eigenvalue weighted by atomic mass is 32.2. The van der Waals surface area contributed by atoms with E-state index in [4.69, 9.17) is 5.14 Å². The summed E-state index contributed by atoms with van der Waals surface area (Å²) < 4.78 is 36.1. The second-order valence-corrected chi connectivity index (χ2v) is 6.90. The van der Waals surface area contributed by atoms with Gasteiger partial charge < -0.3 is 10.2 Å². The molecule has 5 nitrogen and oxygen atoms in total. The number of nitrogens with one attached hydrogen (secondary N) is 1. The van der Waals surface area contributed by atoms with E-state index in [1.807, 2.05) is 0 Å². The molecule has 0 saturated carbocycles. The van der Waals surface area contributed by atoms with E-state index < -0.39 is 15.8 Å². The molecule has 0 amide bonds. The fourth-order valence-electron chi connectivity index (χ4n) is 2.51. The molecule has 7 heteroatoms. The van der Waals surface area contributed by atoms with Gasteiger partial charge in [-0.3, -0.25) is 0 Å². The lowest BCUT2D eigenvalue weighted by atomic mass is 9.98. The highest BCUT2D eigenvalue weighted by molar-refractivity contribution is 7.89. The maximum atomic E-state index is 13.8. The van der Waals surface area contributed by atoms with Gasteiger partial charge in [0, 0.05) is 13.1 Å². The fourth-order valence-corrected chi connectivity index (χ4v) is 3.04. The molecule has 1 heterocycles. The zero-order valence-electron chi connectivity index (χ0n) is 11.5. The lowest BCUT2D eigenvalue weighted by Crippen LogP contribution is -2.35. The Morgan fingerprint density at radius 1 is 1.50 bits per heavy atom. The molecule has 1 fully saturated rings. The van der Waals surface area contributed by atoms with Crippen molar-refractivity contribution in [3.63, 3.8) is 0 Å². The number of hydrogen-bond donors (Lipinski definition) is 2. The number of benzene rings is 1. The Hall–Kier alpha value is -1.18. The topological polar surface area (TPSA) is 75.4 Å². The van der Waals surface area contributed by atoms with Crippen LogP contribution in [-0.4, -0.2) is 40.0 Å². The molecule has 2 rings (SSSR count). The summed E-state index contributed by atoms with van der Waals surface area (Å²) in [6, 6.07) is 3.68. The minimum absolute atomic E-state index is 0.210. The van der Waals surface area contributed by atoms with Crippen molar-refractivity contribution in [3.05, 3.63) is 24.0 Å². The Kier molecular flexibility index (Phi) is 4.62. The zero-order chi connectivity index (χ0) is 14.8. The van der Waals surface area contributed by atoms with Gasteiger partial charge in [0.15, 0.2) is 0 Å². The number of likely N-dealkylation sites (tertiary alicyclic amines) is 1. The number of nitrogens with zero attached hydrogens (tertiary/aromatic N) is 1. The van der Waals surface area contributed by atoms with Crippen LogP contribution in [0.4, 0.5) is 10.1 Å². The molecule has 0 aromatic heterocycles. The normalized spacial score (nSPS) is 20.9. The first-order valence-corrected chi connectivity index (χ1v) is 8.15. The number of piperidine rings is 1. The summed E-state index contributed by atoms with van der Waals surface area (Å²) in [5, 5.41) is 8.01. The summed E-state index contributed by atoms with van der Waals surface area (Å²) in [6.07, 6.45) is 2.27. The Bertz CT molecular complexity index is 577. The van der Waals surface area contributed by atoms with Crippen molar-refractivity contribution in [1.29, 1.82) is 0 Å². The average Bonchev–Trinajstić information content (AvgIpc) is 2.36. The molecule has 1 aliphatic rings. The van der Waals surface area contributed by atoms with Crippen LogP contribution in [0, 0.1) is 11.7 Å². The predicted octanol–water partition coefficient (Wildman–Crippen LogP) is 1.23. The van der Waals surface area contributed by atoms with E-state index in [1.54, 1.807) is 0 Å². The smallest absolute Gasteiger partial charge is 0.238 e. The lowest BCUT2D eigenvalue weighted by molar-refractivity contribution is 0.217. The Labute approximate surface area is 119 Å². The number of rotatable bonds is 4. The second-order valence-electron chi connectivity index (χ2n) is 5.34. The first-order chi connectivity index (χ1) is 9.36. The van der Waals surface area contributed by atoms with Gasteiger partial charge in [-0.25, -0.2) is 17.9 Å². The zero-order valence-corrected chi connectivity index (χ0v) is 12.3. The molecular weight excluding hydrogens is 281 g/mol. The summed E-state index contributed by atoms with van der Waals surface area (Å²) >= 11 is 0. The molecule has 0 bridgehead atoms. The Morgan fingerprint density at radius 3 is 2.85 bits per heavy atom. The average molecular weight is 301 g/mol. The molecule has 1 aliphatic heterocycles. The number of anilines is 1. The van der Waals surface area contributed by atoms with Crippen molar-refractivity contribution < 1.29 is 12.8 Å². The molecule has 1 unspecified atom stereocenters. The summed E-state index contributed by atoms with van der Waals surface area (Å²) in [5.41, 5.74) is 0.311. The third-order valence-corrected chi connectivity index (χ3v) is 4.48. The van der Waals surface area contributed by atoms with E-state index in [9.17, 15) is 12.8 Å². The van der Waals surface area contributed by atoms with Crippen molar-refractivity contribution in [1.82, 2.24) is 4.90 Å². The van der Waals surface area contributed by atoms with Crippen LogP contribution in [-0.2, 0) is 10.0 Å². The van der Waals surface area contributed by atoms with Gasteiger partial charge >= 0.3 is 0 Å². The highest BCUT2D eigenvalue weighted by Crippen LogP contribution is 2.20. The molecule has 0 spiro atoms. The first kappa shape index (κ1) is 15.2. The van der Waals surface area contributed by atoms with Crippen LogP contribution in [0.25, 0.3) is 0 Å². The maximum absolute atomic E-state index is 13.8. The fraction of sp³-hybridized carbons (Fsp3) is 0.538. The first-order valence-electron chi connectivity index (χ1n) is 6.61.